The van der Waals surface area contributed by atoms with Gasteiger partial charge in [0, 0.05) is 25.6 Å². The van der Waals surface area contributed by atoms with Gasteiger partial charge in [0.25, 0.3) is 0 Å². The lowest BCUT2D eigenvalue weighted by molar-refractivity contribution is -0.126. The Morgan fingerprint density at radius 2 is 2.00 bits per heavy atom. The zero-order valence-corrected chi connectivity index (χ0v) is 14.2. The number of amides is 4. The summed E-state index contributed by atoms with van der Waals surface area (Å²) >= 11 is 0. The highest BCUT2D eigenvalue weighted by atomic mass is 35.5. The highest BCUT2D eigenvalue weighted by Gasteiger charge is 2.28. The number of halogens is 1. The van der Waals surface area contributed by atoms with E-state index in [2.05, 4.69) is 10.6 Å². The molecule has 1 heterocycles. The van der Waals surface area contributed by atoms with Gasteiger partial charge in [-0.1, -0.05) is 19.3 Å². The molecule has 1 unspecified atom stereocenters. The minimum absolute atomic E-state index is 0. The molecule has 4 amide bonds. The molecule has 1 saturated carbocycles. The Hall–Kier alpha value is -1.34. The predicted octanol–water partition coefficient (Wildman–Crippen LogP) is 0.764. The van der Waals surface area contributed by atoms with Crippen LogP contribution >= 0.6 is 12.4 Å². The van der Waals surface area contributed by atoms with Crippen LogP contribution in [0.3, 0.4) is 0 Å². The summed E-state index contributed by atoms with van der Waals surface area (Å²) in [5.41, 5.74) is 5.80. The van der Waals surface area contributed by atoms with Gasteiger partial charge in [0.05, 0.1) is 6.54 Å². The van der Waals surface area contributed by atoms with Crippen molar-refractivity contribution in [2.24, 2.45) is 11.7 Å². The first-order chi connectivity index (χ1) is 10.6. The third-order valence-corrected chi connectivity index (χ3v) is 4.54. The molecule has 2 aliphatic rings. The summed E-state index contributed by atoms with van der Waals surface area (Å²) < 4.78 is 0. The second-order valence-electron chi connectivity index (χ2n) is 6.12. The van der Waals surface area contributed by atoms with E-state index in [0.717, 1.165) is 17.7 Å². The summed E-state index contributed by atoms with van der Waals surface area (Å²) in [6.45, 7) is 0.806. The largest absolute Gasteiger partial charge is 0.352 e. The highest BCUT2D eigenvalue weighted by Crippen LogP contribution is 2.26. The summed E-state index contributed by atoms with van der Waals surface area (Å²) in [5.74, 6) is 0.203. The van der Waals surface area contributed by atoms with Crippen LogP contribution in [0.4, 0.5) is 4.79 Å². The lowest BCUT2D eigenvalue weighted by Gasteiger charge is -2.30. The number of nitrogens with zero attached hydrogens (tertiary/aromatic N) is 1. The molecule has 7 nitrogen and oxygen atoms in total. The lowest BCUT2D eigenvalue weighted by atomic mass is 9.84. The van der Waals surface area contributed by atoms with Gasteiger partial charge in [0.15, 0.2) is 0 Å². The summed E-state index contributed by atoms with van der Waals surface area (Å²) in [5, 5.41) is 5.48. The number of carbonyl (C=O) groups excluding carboxylic acids is 3. The standard InChI is InChI=1S/C15H26N4O3.ClH/c16-9-12(11-5-2-1-3-6-11)18-13(20)7-4-8-19-14(21)10-17-15(19)22;/h11-12H,1-10,16H2,(H,17,22)(H,18,20);1H. The zero-order valence-electron chi connectivity index (χ0n) is 13.4. The van der Waals surface area contributed by atoms with Gasteiger partial charge in [-0.25, -0.2) is 4.79 Å². The SMILES string of the molecule is Cl.NCC(NC(=O)CCCN1C(=O)CNC1=O)C1CCCCC1. The Labute approximate surface area is 143 Å². The molecule has 0 aromatic rings. The Morgan fingerprint density at radius 1 is 1.30 bits per heavy atom. The molecule has 1 atom stereocenters. The van der Waals surface area contributed by atoms with Crippen molar-refractivity contribution in [1.82, 2.24) is 15.5 Å². The second-order valence-corrected chi connectivity index (χ2v) is 6.12. The number of rotatable bonds is 7. The van der Waals surface area contributed by atoms with Crippen molar-refractivity contribution in [2.75, 3.05) is 19.6 Å². The minimum atomic E-state index is -0.368. The van der Waals surface area contributed by atoms with Crippen molar-refractivity contribution >= 4 is 30.3 Å². The first-order valence-electron chi connectivity index (χ1n) is 8.19. The van der Waals surface area contributed by atoms with Gasteiger partial charge in [0.2, 0.25) is 11.8 Å². The van der Waals surface area contributed by atoms with Gasteiger partial charge in [-0.15, -0.1) is 12.4 Å². The van der Waals surface area contributed by atoms with Crippen molar-refractivity contribution in [3.63, 3.8) is 0 Å². The number of carbonyl (C=O) groups is 3. The Morgan fingerprint density at radius 3 is 2.57 bits per heavy atom. The Kier molecular flexibility index (Phi) is 8.33. The molecule has 1 saturated heterocycles. The number of hydrogen-bond donors (Lipinski definition) is 3. The monoisotopic (exact) mass is 346 g/mol. The molecular formula is C15H27ClN4O3. The van der Waals surface area contributed by atoms with Crippen molar-refractivity contribution < 1.29 is 14.4 Å². The molecular weight excluding hydrogens is 320 g/mol. The first-order valence-corrected chi connectivity index (χ1v) is 8.19. The van der Waals surface area contributed by atoms with Crippen molar-refractivity contribution in [3.05, 3.63) is 0 Å². The Bertz CT molecular complexity index is 411. The van der Waals surface area contributed by atoms with E-state index in [1.54, 1.807) is 0 Å². The van der Waals surface area contributed by atoms with Crippen LogP contribution in [0.1, 0.15) is 44.9 Å². The molecule has 0 radical (unpaired) electrons. The third-order valence-electron chi connectivity index (χ3n) is 4.54. The predicted molar refractivity (Wildman–Crippen MR) is 89.2 cm³/mol. The number of nitrogens with one attached hydrogen (secondary N) is 2. The highest BCUT2D eigenvalue weighted by molar-refractivity contribution is 6.01. The molecule has 0 bridgehead atoms. The quantitative estimate of drug-likeness (QED) is 0.592. The van der Waals surface area contributed by atoms with Crippen molar-refractivity contribution in [1.29, 1.82) is 0 Å². The summed E-state index contributed by atoms with van der Waals surface area (Å²) in [7, 11) is 0. The third kappa shape index (κ3) is 5.66. The van der Waals surface area contributed by atoms with E-state index < -0.39 is 0 Å². The molecule has 2 fully saturated rings. The molecule has 4 N–H and O–H groups in total. The average molecular weight is 347 g/mol. The zero-order chi connectivity index (χ0) is 15.9. The maximum absolute atomic E-state index is 12.0. The van der Waals surface area contributed by atoms with E-state index in [1.807, 2.05) is 0 Å². The van der Waals surface area contributed by atoms with E-state index in [9.17, 15) is 14.4 Å². The lowest BCUT2D eigenvalue weighted by Crippen LogP contribution is -2.46. The second kappa shape index (κ2) is 9.72. The number of urea groups is 1. The van der Waals surface area contributed by atoms with E-state index >= 15 is 0 Å². The fourth-order valence-corrected chi connectivity index (χ4v) is 3.26. The number of nitrogens with two attached hydrogens (primary N) is 1. The van der Waals surface area contributed by atoms with Gasteiger partial charge in [0.1, 0.15) is 0 Å². The normalized spacial score (nSPS) is 20.0. The smallest absolute Gasteiger partial charge is 0.324 e. The van der Waals surface area contributed by atoms with Crippen LogP contribution in [0.2, 0.25) is 0 Å². The molecule has 1 aliphatic heterocycles. The van der Waals surface area contributed by atoms with Crippen molar-refractivity contribution in [3.8, 4) is 0 Å². The van der Waals surface area contributed by atoms with Crippen LogP contribution in [0.25, 0.3) is 0 Å². The maximum atomic E-state index is 12.0. The molecule has 0 aromatic carbocycles. The van der Waals surface area contributed by atoms with Crippen LogP contribution in [-0.2, 0) is 9.59 Å². The van der Waals surface area contributed by atoms with Crippen LogP contribution in [0.15, 0.2) is 0 Å². The molecule has 132 valence electrons. The summed E-state index contributed by atoms with van der Waals surface area (Å²) in [6, 6.07) is -0.322. The van der Waals surface area contributed by atoms with E-state index in [0.29, 0.717) is 25.3 Å². The first kappa shape index (κ1) is 19.7. The number of imide groups is 1. The Balaban J connectivity index is 0.00000264. The van der Waals surface area contributed by atoms with Gasteiger partial charge in [-0.05, 0) is 25.2 Å². The fourth-order valence-electron chi connectivity index (χ4n) is 3.26. The van der Waals surface area contributed by atoms with E-state index in [-0.39, 0.29) is 49.4 Å². The van der Waals surface area contributed by atoms with Crippen molar-refractivity contribution in [2.45, 2.75) is 51.0 Å². The van der Waals surface area contributed by atoms with Gasteiger partial charge < -0.3 is 16.4 Å². The molecule has 2 rings (SSSR count). The summed E-state index contributed by atoms with van der Waals surface area (Å²) in [4.78, 5) is 36.0. The average Bonchev–Trinajstić information content (AvgIpc) is 2.85. The number of hydrogen-bond acceptors (Lipinski definition) is 4. The maximum Gasteiger partial charge on any atom is 0.324 e. The summed E-state index contributed by atoms with van der Waals surface area (Å²) in [6.07, 6.45) is 6.74. The molecule has 0 spiro atoms. The van der Waals surface area contributed by atoms with Crippen LogP contribution in [0.5, 0.6) is 0 Å². The van der Waals surface area contributed by atoms with Gasteiger partial charge in [-0.3, -0.25) is 14.5 Å². The fraction of sp³-hybridized carbons (Fsp3) is 0.800. The van der Waals surface area contributed by atoms with E-state index in [4.69, 9.17) is 5.73 Å². The molecule has 23 heavy (non-hydrogen) atoms. The van der Waals surface area contributed by atoms with Crippen LogP contribution < -0.4 is 16.4 Å². The molecule has 8 heteroatoms. The molecule has 0 aromatic heterocycles. The van der Waals surface area contributed by atoms with Crippen LogP contribution in [0, 0.1) is 5.92 Å². The van der Waals surface area contributed by atoms with Gasteiger partial charge in [-0.2, -0.15) is 0 Å². The van der Waals surface area contributed by atoms with Gasteiger partial charge >= 0.3 is 6.03 Å². The minimum Gasteiger partial charge on any atom is -0.352 e. The van der Waals surface area contributed by atoms with Crippen LogP contribution in [-0.4, -0.2) is 48.4 Å². The topological polar surface area (TPSA) is 105 Å². The van der Waals surface area contributed by atoms with E-state index in [1.165, 1.54) is 19.3 Å². The molecule has 1 aliphatic carbocycles.